The van der Waals surface area contributed by atoms with Gasteiger partial charge in [0.05, 0.1) is 31.0 Å². The molecule has 166 valence electrons. The molecule has 1 amide bonds. The van der Waals surface area contributed by atoms with Gasteiger partial charge in [0, 0.05) is 24.2 Å². The van der Waals surface area contributed by atoms with Crippen molar-refractivity contribution in [2.45, 2.75) is 69.7 Å². The van der Waals surface area contributed by atoms with E-state index in [1.165, 1.54) is 4.90 Å². The summed E-state index contributed by atoms with van der Waals surface area (Å²) in [7, 11) is 0. The Morgan fingerprint density at radius 3 is 2.55 bits per heavy atom. The Balaban J connectivity index is 1.37. The predicted molar refractivity (Wildman–Crippen MR) is 114 cm³/mol. The lowest BCUT2D eigenvalue weighted by molar-refractivity contribution is -0.0796. The van der Waals surface area contributed by atoms with E-state index < -0.39 is 6.09 Å². The van der Waals surface area contributed by atoms with E-state index in [4.69, 9.17) is 21.1 Å². The third kappa shape index (κ3) is 4.29. The van der Waals surface area contributed by atoms with Crippen molar-refractivity contribution in [3.05, 3.63) is 40.4 Å². The summed E-state index contributed by atoms with van der Waals surface area (Å²) in [5, 5.41) is 19.1. The molecular weight excluding hydrogens is 420 g/mol. The number of fused-ring (bicyclic) bond motifs is 3. The van der Waals surface area contributed by atoms with Gasteiger partial charge < -0.3 is 14.6 Å². The summed E-state index contributed by atoms with van der Waals surface area (Å²) in [5.74, 6) is 1.84. The topological polar surface area (TPSA) is 89.7 Å². The van der Waals surface area contributed by atoms with Crippen LogP contribution >= 0.6 is 11.6 Å². The van der Waals surface area contributed by atoms with E-state index in [0.29, 0.717) is 23.1 Å². The molecule has 0 spiro atoms. The van der Waals surface area contributed by atoms with Crippen LogP contribution in [-0.4, -0.2) is 56.3 Å². The van der Waals surface area contributed by atoms with Gasteiger partial charge >= 0.3 is 6.09 Å². The zero-order valence-corrected chi connectivity index (χ0v) is 18.1. The molecule has 5 rings (SSSR count). The van der Waals surface area contributed by atoms with E-state index in [2.05, 4.69) is 14.8 Å². The number of hydrogen-bond acceptors (Lipinski definition) is 5. The largest absolute Gasteiger partial charge is 0.465 e. The molecule has 2 aromatic rings. The fraction of sp³-hybridized carbons (Fsp3) is 0.591. The van der Waals surface area contributed by atoms with Crippen LogP contribution in [0.1, 0.15) is 61.7 Å². The number of benzene rings is 1. The lowest BCUT2D eigenvalue weighted by Gasteiger charge is -2.32. The Kier molecular flexibility index (Phi) is 5.86. The van der Waals surface area contributed by atoms with Gasteiger partial charge in [-0.15, -0.1) is 10.2 Å². The third-order valence-electron chi connectivity index (χ3n) is 6.59. The maximum absolute atomic E-state index is 11.7. The minimum absolute atomic E-state index is 0.205. The number of halogens is 1. The number of nitrogens with zero attached hydrogens (tertiary/aromatic N) is 4. The van der Waals surface area contributed by atoms with E-state index in [-0.39, 0.29) is 19.0 Å². The van der Waals surface area contributed by atoms with E-state index >= 15 is 0 Å². The molecule has 1 aliphatic carbocycles. The SMILES string of the molecule is O=C(O)N1Cc2cc(Cl)ccc2-n2c(nnc2[C@H]2CC[C@H](OC3CCOCC3)CC2)C1. The summed E-state index contributed by atoms with van der Waals surface area (Å²) in [6, 6.07) is 5.62. The Hall–Kier alpha value is -2.16. The highest BCUT2D eigenvalue weighted by molar-refractivity contribution is 6.30. The molecular formula is C22H27ClN4O4. The first kappa shape index (κ1) is 20.7. The molecule has 0 radical (unpaired) electrons. The normalized spacial score (nSPS) is 24.4. The van der Waals surface area contributed by atoms with E-state index in [1.807, 2.05) is 18.2 Å². The summed E-state index contributed by atoms with van der Waals surface area (Å²) in [4.78, 5) is 13.1. The monoisotopic (exact) mass is 446 g/mol. The average molecular weight is 447 g/mol. The Labute approximate surface area is 186 Å². The zero-order chi connectivity index (χ0) is 21.4. The van der Waals surface area contributed by atoms with Crippen LogP contribution in [0.2, 0.25) is 5.02 Å². The first-order chi connectivity index (χ1) is 15.1. The fourth-order valence-electron chi connectivity index (χ4n) is 4.97. The molecule has 1 saturated carbocycles. The highest BCUT2D eigenvalue weighted by atomic mass is 35.5. The number of aromatic nitrogens is 3. The molecule has 2 fully saturated rings. The van der Waals surface area contributed by atoms with Crippen LogP contribution in [0.15, 0.2) is 18.2 Å². The molecule has 3 aliphatic rings. The summed E-state index contributed by atoms with van der Waals surface area (Å²) in [6.45, 7) is 2.07. The van der Waals surface area contributed by atoms with Crippen LogP contribution < -0.4 is 0 Å². The molecule has 1 N–H and O–H groups in total. The molecule has 1 aromatic carbocycles. The molecule has 9 heteroatoms. The van der Waals surface area contributed by atoms with Gasteiger partial charge in [0.2, 0.25) is 0 Å². The van der Waals surface area contributed by atoms with Gasteiger partial charge in [-0.1, -0.05) is 11.6 Å². The number of ether oxygens (including phenoxy) is 2. The van der Waals surface area contributed by atoms with Crippen molar-refractivity contribution < 1.29 is 19.4 Å². The lowest BCUT2D eigenvalue weighted by atomic mass is 9.86. The molecule has 31 heavy (non-hydrogen) atoms. The van der Waals surface area contributed by atoms with Crippen molar-refractivity contribution >= 4 is 17.7 Å². The van der Waals surface area contributed by atoms with Crippen LogP contribution in [0.4, 0.5) is 4.79 Å². The van der Waals surface area contributed by atoms with Crippen LogP contribution in [0, 0.1) is 0 Å². The molecule has 2 aliphatic heterocycles. The van der Waals surface area contributed by atoms with Crippen molar-refractivity contribution in [1.29, 1.82) is 0 Å². The first-order valence-electron chi connectivity index (χ1n) is 11.0. The highest BCUT2D eigenvalue weighted by Gasteiger charge is 2.32. The summed E-state index contributed by atoms with van der Waals surface area (Å²) in [6.07, 6.45) is 5.56. The Morgan fingerprint density at radius 1 is 1.06 bits per heavy atom. The third-order valence-corrected chi connectivity index (χ3v) is 6.83. The molecule has 8 nitrogen and oxygen atoms in total. The Morgan fingerprint density at radius 2 is 1.81 bits per heavy atom. The number of carbonyl (C=O) groups is 1. The molecule has 1 saturated heterocycles. The number of carboxylic acid groups (broad SMARTS) is 1. The fourth-order valence-corrected chi connectivity index (χ4v) is 5.16. The van der Waals surface area contributed by atoms with Crippen LogP contribution in [0.25, 0.3) is 5.69 Å². The summed E-state index contributed by atoms with van der Waals surface area (Å²) < 4.78 is 13.8. The molecule has 0 atom stereocenters. The van der Waals surface area contributed by atoms with Crippen LogP contribution in [0.5, 0.6) is 0 Å². The Bertz CT molecular complexity index is 951. The molecule has 1 aromatic heterocycles. The summed E-state index contributed by atoms with van der Waals surface area (Å²) >= 11 is 6.21. The van der Waals surface area contributed by atoms with Crippen molar-refractivity contribution in [2.24, 2.45) is 0 Å². The smallest absolute Gasteiger partial charge is 0.408 e. The standard InChI is InChI=1S/C22H27ClN4O4/c23-16-3-6-19-15(11-16)12-26(22(28)29)13-20-24-25-21(27(19)20)14-1-4-17(5-2-14)31-18-7-9-30-10-8-18/h3,6,11,14,17-18H,1-2,4-5,7-10,12-13H2,(H,28,29)/t14-,17-. The number of amides is 1. The van der Waals surface area contributed by atoms with Crippen LogP contribution in [-0.2, 0) is 22.6 Å². The second-order valence-corrected chi connectivity index (χ2v) is 9.08. The molecule has 0 bridgehead atoms. The van der Waals surface area contributed by atoms with Crippen molar-refractivity contribution in [3.63, 3.8) is 0 Å². The van der Waals surface area contributed by atoms with E-state index in [9.17, 15) is 9.90 Å². The van der Waals surface area contributed by atoms with E-state index in [1.54, 1.807) is 0 Å². The van der Waals surface area contributed by atoms with Gasteiger partial charge in [-0.2, -0.15) is 0 Å². The highest BCUT2D eigenvalue weighted by Crippen LogP contribution is 2.37. The van der Waals surface area contributed by atoms with Gasteiger partial charge in [-0.25, -0.2) is 4.79 Å². The lowest BCUT2D eigenvalue weighted by Crippen LogP contribution is -2.31. The zero-order valence-electron chi connectivity index (χ0n) is 17.4. The minimum Gasteiger partial charge on any atom is -0.465 e. The number of hydrogen-bond donors (Lipinski definition) is 1. The second kappa shape index (κ2) is 8.76. The predicted octanol–water partition coefficient (Wildman–Crippen LogP) is 4.14. The van der Waals surface area contributed by atoms with Crippen LogP contribution in [0.3, 0.4) is 0 Å². The van der Waals surface area contributed by atoms with Gasteiger partial charge in [-0.3, -0.25) is 9.47 Å². The van der Waals surface area contributed by atoms with E-state index in [0.717, 1.165) is 68.8 Å². The molecule has 3 heterocycles. The van der Waals surface area contributed by atoms with Crippen molar-refractivity contribution in [2.75, 3.05) is 13.2 Å². The maximum atomic E-state index is 11.7. The average Bonchev–Trinajstić information content (AvgIpc) is 3.10. The van der Waals surface area contributed by atoms with Crippen molar-refractivity contribution in [1.82, 2.24) is 19.7 Å². The van der Waals surface area contributed by atoms with Gasteiger partial charge in [0.1, 0.15) is 5.82 Å². The second-order valence-electron chi connectivity index (χ2n) is 8.64. The molecule has 0 unspecified atom stereocenters. The maximum Gasteiger partial charge on any atom is 0.408 e. The number of rotatable bonds is 3. The van der Waals surface area contributed by atoms with Gasteiger partial charge in [0.15, 0.2) is 5.82 Å². The van der Waals surface area contributed by atoms with Gasteiger partial charge in [-0.05, 0) is 62.3 Å². The van der Waals surface area contributed by atoms with Crippen molar-refractivity contribution in [3.8, 4) is 5.69 Å². The minimum atomic E-state index is -0.977. The quantitative estimate of drug-likeness (QED) is 0.762. The summed E-state index contributed by atoms with van der Waals surface area (Å²) in [5.41, 5.74) is 1.79. The first-order valence-corrected chi connectivity index (χ1v) is 11.4. The van der Waals surface area contributed by atoms with Gasteiger partial charge in [0.25, 0.3) is 0 Å².